The van der Waals surface area contributed by atoms with E-state index >= 15 is 0 Å². The maximum atomic E-state index is 10.9. The molecule has 5 heavy (non-hydrogen) atoms. The van der Waals surface area contributed by atoms with Gasteiger partial charge in [0.05, 0.1) is 6.67 Å². The largest absolute Gasteiger partial charge is 0.251 e. The summed E-state index contributed by atoms with van der Waals surface area (Å²) in [4.78, 5) is 0. The third kappa shape index (κ3) is 4.15. The second kappa shape index (κ2) is 4.15. The van der Waals surface area contributed by atoms with Crippen molar-refractivity contribution in [3.63, 3.8) is 0 Å². The van der Waals surface area contributed by atoms with E-state index in [1.54, 1.807) is 6.04 Å². The molecular formula is C3H5FSi. The monoisotopic (exact) mass is 88.0 g/mol. The van der Waals surface area contributed by atoms with Crippen molar-refractivity contribution < 1.29 is 4.39 Å². The van der Waals surface area contributed by atoms with Crippen LogP contribution in [0, 0.1) is 6.04 Å². The van der Waals surface area contributed by atoms with Crippen LogP contribution in [0.1, 0.15) is 6.42 Å². The smallest absolute Gasteiger partial charge is 0.0894 e. The summed E-state index contributed by atoms with van der Waals surface area (Å²) < 4.78 is 10.9. The highest BCUT2D eigenvalue weighted by Gasteiger charge is 1.72. The van der Waals surface area contributed by atoms with Crippen molar-refractivity contribution in [2.45, 2.75) is 6.42 Å². The fourth-order valence-electron chi connectivity index (χ4n) is 0.0546. The van der Waals surface area contributed by atoms with Gasteiger partial charge >= 0.3 is 0 Å². The fraction of sp³-hybridized carbons (Fsp3) is 0.667. The summed E-state index contributed by atoms with van der Waals surface area (Å²) in [6.45, 7) is -0.260. The normalized spacial score (nSPS) is 8.40. The molecule has 0 fully saturated rings. The molecule has 0 rings (SSSR count). The van der Waals surface area contributed by atoms with Crippen LogP contribution in [0.5, 0.6) is 0 Å². The van der Waals surface area contributed by atoms with E-state index in [0.29, 0.717) is 6.42 Å². The van der Waals surface area contributed by atoms with E-state index in [2.05, 4.69) is 10.2 Å². The van der Waals surface area contributed by atoms with E-state index in [1.807, 2.05) is 0 Å². The molecule has 0 saturated heterocycles. The van der Waals surface area contributed by atoms with Crippen LogP contribution in [-0.2, 0) is 0 Å². The van der Waals surface area contributed by atoms with Gasteiger partial charge in [0.25, 0.3) is 0 Å². The molecule has 0 unspecified atom stereocenters. The lowest BCUT2D eigenvalue weighted by atomic mass is 10.6. The molecule has 0 aliphatic rings. The zero-order chi connectivity index (χ0) is 4.12. The summed E-state index contributed by atoms with van der Waals surface area (Å²) in [6.07, 6.45) is 0.511. The number of alkyl halides is 1. The minimum atomic E-state index is -0.260. The molecule has 0 spiro atoms. The highest BCUT2D eigenvalue weighted by atomic mass is 28.1. The van der Waals surface area contributed by atoms with Gasteiger partial charge in [-0.25, -0.2) is 0 Å². The van der Waals surface area contributed by atoms with Crippen molar-refractivity contribution >= 4 is 10.2 Å². The first kappa shape index (κ1) is 5.15. The number of hydrogen-bond acceptors (Lipinski definition) is 0. The lowest BCUT2D eigenvalue weighted by molar-refractivity contribution is 0.497. The van der Waals surface area contributed by atoms with E-state index < -0.39 is 0 Å². The van der Waals surface area contributed by atoms with E-state index in [0.717, 1.165) is 0 Å². The first-order valence-electron chi connectivity index (χ1n) is 1.46. The average Bonchev–Trinajstić information content (AvgIpc) is 1.41. The Balaban J connectivity index is 2.19. The molecule has 0 aromatic rings. The van der Waals surface area contributed by atoms with Gasteiger partial charge in [0, 0.05) is 10.2 Å². The van der Waals surface area contributed by atoms with Crippen molar-refractivity contribution in [2.24, 2.45) is 0 Å². The predicted molar refractivity (Wildman–Crippen MR) is 20.6 cm³/mol. The topological polar surface area (TPSA) is 0 Å². The van der Waals surface area contributed by atoms with Gasteiger partial charge in [-0.3, -0.25) is 4.39 Å². The van der Waals surface area contributed by atoms with Crippen molar-refractivity contribution in [1.82, 2.24) is 0 Å². The Morgan fingerprint density at radius 3 is 2.40 bits per heavy atom. The summed E-state index contributed by atoms with van der Waals surface area (Å²) in [5, 5.41) is 0. The van der Waals surface area contributed by atoms with Gasteiger partial charge in [0.15, 0.2) is 0 Å². The molecule has 28 valence electrons. The first-order valence-corrected chi connectivity index (χ1v) is 2.04. The average molecular weight is 88.2 g/mol. The highest BCUT2D eigenvalue weighted by Crippen LogP contribution is 1.77. The molecule has 0 aromatic carbocycles. The van der Waals surface area contributed by atoms with Crippen LogP contribution in [-0.4, -0.2) is 16.9 Å². The third-order valence-electron chi connectivity index (χ3n) is 0.253. The standard InChI is InChI=1S/C3H5FSi/c4-2-1-3-5/h3H,1-2H2. The fourth-order valence-corrected chi connectivity index (χ4v) is 0.164. The molecule has 0 saturated carbocycles. The molecule has 0 amide bonds. The number of rotatable bonds is 2. The van der Waals surface area contributed by atoms with Gasteiger partial charge in [0.2, 0.25) is 0 Å². The van der Waals surface area contributed by atoms with E-state index in [9.17, 15) is 4.39 Å². The summed E-state index contributed by atoms with van der Waals surface area (Å²) in [5.41, 5.74) is 0. The van der Waals surface area contributed by atoms with Gasteiger partial charge in [-0.05, 0) is 12.5 Å². The van der Waals surface area contributed by atoms with E-state index in [-0.39, 0.29) is 6.67 Å². The molecule has 0 aliphatic carbocycles. The Morgan fingerprint density at radius 1 is 1.80 bits per heavy atom. The molecule has 0 atom stereocenters. The molecule has 0 heterocycles. The molecule has 0 bridgehead atoms. The molecule has 4 radical (unpaired) electrons. The van der Waals surface area contributed by atoms with Crippen molar-refractivity contribution in [3.05, 3.63) is 6.04 Å². The maximum Gasteiger partial charge on any atom is 0.0894 e. The quantitative estimate of drug-likeness (QED) is 0.435. The van der Waals surface area contributed by atoms with Gasteiger partial charge in [-0.2, -0.15) is 0 Å². The number of halogens is 1. The van der Waals surface area contributed by atoms with Crippen molar-refractivity contribution in [1.29, 1.82) is 0 Å². The van der Waals surface area contributed by atoms with Gasteiger partial charge in [-0.1, -0.05) is 0 Å². The van der Waals surface area contributed by atoms with Crippen LogP contribution < -0.4 is 0 Å². The first-order chi connectivity index (χ1) is 2.41. The lowest BCUT2D eigenvalue weighted by Gasteiger charge is -1.75. The summed E-state index contributed by atoms with van der Waals surface area (Å²) in [5.74, 6) is 0. The van der Waals surface area contributed by atoms with E-state index in [1.165, 1.54) is 0 Å². The second-order valence-corrected chi connectivity index (χ2v) is 1.09. The van der Waals surface area contributed by atoms with E-state index in [4.69, 9.17) is 0 Å². The van der Waals surface area contributed by atoms with Crippen LogP contribution >= 0.6 is 0 Å². The van der Waals surface area contributed by atoms with Gasteiger partial charge in [-0.15, -0.1) is 0 Å². The predicted octanol–water partition coefficient (Wildman–Crippen LogP) is 0.676. The lowest BCUT2D eigenvalue weighted by Crippen LogP contribution is -1.73. The Morgan fingerprint density at radius 2 is 2.40 bits per heavy atom. The zero-order valence-electron chi connectivity index (χ0n) is 2.87. The second-order valence-electron chi connectivity index (χ2n) is 0.682. The van der Waals surface area contributed by atoms with Crippen LogP contribution in [0.2, 0.25) is 0 Å². The van der Waals surface area contributed by atoms with Crippen LogP contribution in [0.3, 0.4) is 0 Å². The summed E-state index contributed by atoms with van der Waals surface area (Å²) in [6, 6.07) is 1.61. The van der Waals surface area contributed by atoms with Gasteiger partial charge in [0.1, 0.15) is 0 Å². The Labute approximate surface area is 34.8 Å². The minimum Gasteiger partial charge on any atom is -0.251 e. The Bertz CT molecular complexity index is 14.4. The Hall–Kier alpha value is 0.147. The molecule has 0 aromatic heterocycles. The zero-order valence-corrected chi connectivity index (χ0v) is 3.87. The molecule has 0 aliphatic heterocycles. The van der Waals surface area contributed by atoms with Crippen LogP contribution in [0.15, 0.2) is 0 Å². The van der Waals surface area contributed by atoms with Crippen LogP contribution in [0.25, 0.3) is 0 Å². The van der Waals surface area contributed by atoms with Crippen molar-refractivity contribution in [2.75, 3.05) is 6.67 Å². The minimum absolute atomic E-state index is 0.260. The highest BCUT2D eigenvalue weighted by molar-refractivity contribution is 6.14. The summed E-state index contributed by atoms with van der Waals surface area (Å²) in [7, 11) is 2.99. The summed E-state index contributed by atoms with van der Waals surface area (Å²) >= 11 is 0. The Kier molecular flexibility index (Phi) is 4.27. The molecular weight excluding hydrogens is 83.1 g/mol. The van der Waals surface area contributed by atoms with Gasteiger partial charge < -0.3 is 0 Å². The van der Waals surface area contributed by atoms with Crippen LogP contribution in [0.4, 0.5) is 4.39 Å². The SMILES string of the molecule is FCC[CH][Si]. The number of hydrogen-bond donors (Lipinski definition) is 0. The van der Waals surface area contributed by atoms with Crippen molar-refractivity contribution in [3.8, 4) is 0 Å². The third-order valence-corrected chi connectivity index (χ3v) is 0.542. The maximum absolute atomic E-state index is 10.9. The molecule has 2 heteroatoms. The molecule has 0 N–H and O–H groups in total. The molecule has 0 nitrogen and oxygen atoms in total.